The lowest BCUT2D eigenvalue weighted by Gasteiger charge is -2.24. The number of hydrogen-bond acceptors (Lipinski definition) is 3. The van der Waals surface area contributed by atoms with Crippen molar-refractivity contribution in [2.45, 2.75) is 24.3 Å². The first-order valence-electron chi connectivity index (χ1n) is 9.05. The van der Waals surface area contributed by atoms with E-state index in [1.54, 1.807) is 25.1 Å². The topological polar surface area (TPSA) is 49.7 Å². The molecule has 0 fully saturated rings. The van der Waals surface area contributed by atoms with Crippen LogP contribution in [0.1, 0.15) is 29.2 Å². The van der Waals surface area contributed by atoms with Gasteiger partial charge in [0.1, 0.15) is 0 Å². The van der Waals surface area contributed by atoms with Crippen LogP contribution in [0.3, 0.4) is 0 Å². The summed E-state index contributed by atoms with van der Waals surface area (Å²) in [6, 6.07) is 22.1. The molecule has 0 N–H and O–H groups in total. The van der Waals surface area contributed by atoms with Crippen molar-refractivity contribution >= 4 is 47.6 Å². The van der Waals surface area contributed by atoms with Gasteiger partial charge < -0.3 is 0 Å². The lowest BCUT2D eigenvalue weighted by Crippen LogP contribution is -2.28. The molecule has 1 aliphatic rings. The lowest BCUT2D eigenvalue weighted by atomic mass is 9.99. The fourth-order valence-electron chi connectivity index (χ4n) is 3.46. The van der Waals surface area contributed by atoms with Crippen molar-refractivity contribution in [3.63, 3.8) is 0 Å². The number of halogens is 2. The minimum absolute atomic E-state index is 0.277. The summed E-state index contributed by atoms with van der Waals surface area (Å²) in [5.41, 5.74) is 3.24. The number of aryl methyl sites for hydroxylation is 1. The maximum Gasteiger partial charge on any atom is 0.279 e. The highest BCUT2D eigenvalue weighted by atomic mass is 79.9. The minimum Gasteiger partial charge on any atom is -0.200 e. The van der Waals surface area contributed by atoms with E-state index in [2.05, 4.69) is 37.0 Å². The number of nitrogens with zero attached hydrogens (tertiary/aromatic N) is 2. The molecular formula is C22H18Br2N2O2S. The Morgan fingerprint density at radius 3 is 2.31 bits per heavy atom. The molecule has 1 atom stereocenters. The van der Waals surface area contributed by atoms with Gasteiger partial charge >= 0.3 is 0 Å². The van der Waals surface area contributed by atoms with Crippen molar-refractivity contribution in [3.8, 4) is 0 Å². The molecule has 1 aliphatic heterocycles. The Hall–Kier alpha value is -1.96. The van der Waals surface area contributed by atoms with Gasteiger partial charge in [0.15, 0.2) is 0 Å². The van der Waals surface area contributed by atoms with E-state index in [0.29, 0.717) is 12.0 Å². The van der Waals surface area contributed by atoms with Crippen LogP contribution in [-0.2, 0) is 10.0 Å². The van der Waals surface area contributed by atoms with Crippen LogP contribution in [0.4, 0.5) is 0 Å². The van der Waals surface area contributed by atoms with Crippen LogP contribution in [-0.4, -0.2) is 18.5 Å². The molecule has 0 bridgehead atoms. The second-order valence-electron chi connectivity index (χ2n) is 6.88. The molecule has 148 valence electrons. The fraction of sp³-hybridized carbons (Fsp3) is 0.136. The predicted molar refractivity (Wildman–Crippen MR) is 122 cm³/mol. The van der Waals surface area contributed by atoms with Crippen molar-refractivity contribution in [1.82, 2.24) is 4.41 Å². The summed E-state index contributed by atoms with van der Waals surface area (Å²) in [6.07, 6.45) is 0.498. The van der Waals surface area contributed by atoms with Gasteiger partial charge in [-0.1, -0.05) is 74.3 Å². The Kier molecular flexibility index (Phi) is 5.64. The minimum atomic E-state index is -3.81. The van der Waals surface area contributed by atoms with Gasteiger partial charge in [-0.2, -0.15) is 17.9 Å². The summed E-state index contributed by atoms with van der Waals surface area (Å²) in [5, 5.41) is 4.60. The summed E-state index contributed by atoms with van der Waals surface area (Å²) >= 11 is 6.98. The van der Waals surface area contributed by atoms with Crippen LogP contribution in [0.5, 0.6) is 0 Å². The maximum atomic E-state index is 13.6. The lowest BCUT2D eigenvalue weighted by molar-refractivity contribution is 0.371. The maximum absolute atomic E-state index is 13.6. The highest BCUT2D eigenvalue weighted by Gasteiger charge is 2.38. The van der Waals surface area contributed by atoms with E-state index in [1.807, 2.05) is 54.6 Å². The molecule has 3 aromatic carbocycles. The SMILES string of the molecule is Cc1ccccc1S(=O)(=O)N1N=C(c2cccc(Br)c2)C[C@H]1c1cccc(Br)c1. The van der Waals surface area contributed by atoms with E-state index in [0.717, 1.165) is 25.8 Å². The van der Waals surface area contributed by atoms with E-state index in [-0.39, 0.29) is 4.90 Å². The first kappa shape index (κ1) is 20.3. The van der Waals surface area contributed by atoms with Gasteiger partial charge in [0.2, 0.25) is 0 Å². The molecule has 4 nitrogen and oxygen atoms in total. The third-order valence-corrected chi connectivity index (χ3v) is 7.71. The van der Waals surface area contributed by atoms with Gasteiger partial charge in [0, 0.05) is 15.4 Å². The third kappa shape index (κ3) is 4.04. The van der Waals surface area contributed by atoms with Crippen molar-refractivity contribution in [3.05, 3.63) is 98.4 Å². The van der Waals surface area contributed by atoms with Gasteiger partial charge in [0.25, 0.3) is 10.0 Å². The monoisotopic (exact) mass is 532 g/mol. The highest BCUT2D eigenvalue weighted by molar-refractivity contribution is 9.10. The van der Waals surface area contributed by atoms with Gasteiger partial charge in [-0.3, -0.25) is 0 Å². The van der Waals surface area contributed by atoms with Crippen LogP contribution in [0.25, 0.3) is 0 Å². The van der Waals surface area contributed by atoms with E-state index in [1.165, 1.54) is 4.41 Å². The second-order valence-corrected chi connectivity index (χ2v) is 10.5. The fourth-order valence-corrected chi connectivity index (χ4v) is 5.94. The quantitative estimate of drug-likeness (QED) is 0.409. The van der Waals surface area contributed by atoms with E-state index >= 15 is 0 Å². The van der Waals surface area contributed by atoms with Gasteiger partial charge in [0.05, 0.1) is 16.6 Å². The molecule has 3 aromatic rings. The number of rotatable bonds is 4. The molecule has 0 aromatic heterocycles. The van der Waals surface area contributed by atoms with E-state index in [9.17, 15) is 8.42 Å². The van der Waals surface area contributed by atoms with E-state index < -0.39 is 16.1 Å². The standard InChI is InChI=1S/C22H18Br2N2O2S/c1-15-6-2-3-11-22(15)29(27,28)26-21(17-8-5-10-19(24)13-17)14-20(25-26)16-7-4-9-18(23)12-16/h2-13,21H,14H2,1H3/t21-/m0/s1. The van der Waals surface area contributed by atoms with Gasteiger partial charge in [-0.25, -0.2) is 0 Å². The van der Waals surface area contributed by atoms with Crippen molar-refractivity contribution in [2.75, 3.05) is 0 Å². The molecule has 4 rings (SSSR count). The molecule has 0 spiro atoms. The summed E-state index contributed by atoms with van der Waals surface area (Å²) in [4.78, 5) is 0.277. The Labute approximate surface area is 187 Å². The predicted octanol–water partition coefficient (Wildman–Crippen LogP) is 6.06. The Morgan fingerprint density at radius 2 is 1.62 bits per heavy atom. The normalized spacial score (nSPS) is 16.7. The molecule has 1 heterocycles. The van der Waals surface area contributed by atoms with Crippen LogP contribution in [0.15, 0.2) is 91.7 Å². The Balaban J connectivity index is 1.84. The highest BCUT2D eigenvalue weighted by Crippen LogP contribution is 2.38. The molecule has 0 amide bonds. The zero-order valence-corrected chi connectivity index (χ0v) is 19.6. The average Bonchev–Trinajstić information content (AvgIpc) is 3.15. The summed E-state index contributed by atoms with van der Waals surface area (Å²) < 4.78 is 30.2. The molecule has 0 radical (unpaired) electrons. The van der Waals surface area contributed by atoms with Crippen LogP contribution in [0, 0.1) is 6.92 Å². The smallest absolute Gasteiger partial charge is 0.200 e. The number of hydrazone groups is 1. The summed E-state index contributed by atoms with van der Waals surface area (Å²) in [5.74, 6) is 0. The first-order chi connectivity index (χ1) is 13.9. The van der Waals surface area contributed by atoms with Gasteiger partial charge in [-0.15, -0.1) is 0 Å². The average molecular weight is 534 g/mol. The van der Waals surface area contributed by atoms with Crippen LogP contribution >= 0.6 is 31.9 Å². The van der Waals surface area contributed by atoms with Crippen LogP contribution in [0.2, 0.25) is 0 Å². The van der Waals surface area contributed by atoms with Crippen molar-refractivity contribution < 1.29 is 8.42 Å². The molecule has 29 heavy (non-hydrogen) atoms. The first-order valence-corrected chi connectivity index (χ1v) is 12.1. The van der Waals surface area contributed by atoms with Crippen molar-refractivity contribution in [2.24, 2.45) is 5.10 Å². The van der Waals surface area contributed by atoms with E-state index in [4.69, 9.17) is 0 Å². The number of hydrogen-bond donors (Lipinski definition) is 0. The number of sulfonamides is 1. The second kappa shape index (κ2) is 8.05. The summed E-state index contributed by atoms with van der Waals surface area (Å²) in [7, 11) is -3.81. The zero-order chi connectivity index (χ0) is 20.6. The molecule has 0 aliphatic carbocycles. The molecule has 0 saturated heterocycles. The Morgan fingerprint density at radius 1 is 0.931 bits per heavy atom. The van der Waals surface area contributed by atoms with Gasteiger partial charge in [-0.05, 0) is 53.9 Å². The molecular weight excluding hydrogens is 516 g/mol. The zero-order valence-electron chi connectivity index (χ0n) is 15.6. The third-order valence-electron chi connectivity index (χ3n) is 4.88. The van der Waals surface area contributed by atoms with Crippen molar-refractivity contribution in [1.29, 1.82) is 0 Å². The molecule has 0 unspecified atom stereocenters. The molecule has 0 saturated carbocycles. The number of benzene rings is 3. The van der Waals surface area contributed by atoms with Crippen LogP contribution < -0.4 is 0 Å². The molecule has 7 heteroatoms. The Bertz CT molecular complexity index is 1210. The summed E-state index contributed by atoms with van der Waals surface area (Å²) in [6.45, 7) is 1.80. The largest absolute Gasteiger partial charge is 0.279 e.